The summed E-state index contributed by atoms with van der Waals surface area (Å²) in [6, 6.07) is 17.7. The van der Waals surface area contributed by atoms with E-state index in [9.17, 15) is 9.59 Å². The van der Waals surface area contributed by atoms with Gasteiger partial charge in [0.25, 0.3) is 0 Å². The number of benzene rings is 2. The smallest absolute Gasteiger partial charge is 0.298 e. The van der Waals surface area contributed by atoms with E-state index in [1.807, 2.05) is 68.4 Å². The number of carbonyl (C=O) groups is 1. The second-order valence-electron chi connectivity index (χ2n) is 6.74. The summed E-state index contributed by atoms with van der Waals surface area (Å²) in [7, 11) is 1.68. The minimum Gasteiger partial charge on any atom is -0.298 e. The van der Waals surface area contributed by atoms with Gasteiger partial charge in [0.05, 0.1) is 0 Å². The minimum absolute atomic E-state index is 0.00277. The summed E-state index contributed by atoms with van der Waals surface area (Å²) in [5, 5.41) is 4.38. The van der Waals surface area contributed by atoms with Crippen molar-refractivity contribution >= 4 is 5.78 Å². The summed E-state index contributed by atoms with van der Waals surface area (Å²) in [6.45, 7) is 4.02. The highest BCUT2D eigenvalue weighted by molar-refractivity contribution is 5.79. The highest BCUT2D eigenvalue weighted by Crippen LogP contribution is 2.19. The normalized spacial score (nSPS) is 12.1. The van der Waals surface area contributed by atoms with E-state index in [-0.39, 0.29) is 23.9 Å². The molecule has 0 saturated carbocycles. The molecule has 1 atom stereocenters. The van der Waals surface area contributed by atoms with Crippen LogP contribution in [0.1, 0.15) is 30.4 Å². The Bertz CT molecular complexity index is 953. The van der Waals surface area contributed by atoms with Crippen LogP contribution in [0, 0.1) is 6.92 Å². The molecule has 0 aliphatic carbocycles. The lowest BCUT2D eigenvalue weighted by molar-refractivity contribution is -0.120. The van der Waals surface area contributed by atoms with Gasteiger partial charge in [-0.1, -0.05) is 67.1 Å². The topological polar surface area (TPSA) is 56.9 Å². The van der Waals surface area contributed by atoms with Crippen LogP contribution in [0.3, 0.4) is 0 Å². The van der Waals surface area contributed by atoms with Gasteiger partial charge < -0.3 is 0 Å². The first-order valence-corrected chi connectivity index (χ1v) is 8.73. The summed E-state index contributed by atoms with van der Waals surface area (Å²) in [5.74, 6) is 0.676. The molecule has 1 aromatic heterocycles. The zero-order chi connectivity index (χ0) is 18.7. The SMILES string of the molecule is Cc1ccc(-c2nn(CC(=O)C[C@H](C)c3ccccc3)c(=O)n2C)cc1. The van der Waals surface area contributed by atoms with Crippen LogP contribution in [-0.4, -0.2) is 20.1 Å². The Hall–Kier alpha value is -2.95. The lowest BCUT2D eigenvalue weighted by Crippen LogP contribution is -2.26. The molecule has 0 saturated heterocycles. The Morgan fingerprint density at radius 1 is 1.08 bits per heavy atom. The van der Waals surface area contributed by atoms with E-state index in [2.05, 4.69) is 5.10 Å². The van der Waals surface area contributed by atoms with Gasteiger partial charge in [-0.2, -0.15) is 0 Å². The van der Waals surface area contributed by atoms with Gasteiger partial charge in [0.15, 0.2) is 11.6 Å². The molecule has 0 radical (unpaired) electrons. The second-order valence-corrected chi connectivity index (χ2v) is 6.74. The molecule has 0 N–H and O–H groups in total. The molecule has 134 valence electrons. The van der Waals surface area contributed by atoms with Crippen molar-refractivity contribution in [1.29, 1.82) is 0 Å². The molecular formula is C21H23N3O2. The summed E-state index contributed by atoms with van der Waals surface area (Å²) < 4.78 is 2.74. The van der Waals surface area contributed by atoms with Crippen LogP contribution in [0.4, 0.5) is 0 Å². The van der Waals surface area contributed by atoms with Crippen molar-refractivity contribution in [3.05, 3.63) is 76.2 Å². The summed E-state index contributed by atoms with van der Waals surface area (Å²) in [4.78, 5) is 24.9. The van der Waals surface area contributed by atoms with Gasteiger partial charge in [0.2, 0.25) is 0 Å². The number of hydrogen-bond donors (Lipinski definition) is 0. The fourth-order valence-corrected chi connectivity index (χ4v) is 3.02. The van der Waals surface area contributed by atoms with Gasteiger partial charge in [-0.05, 0) is 18.4 Å². The second kappa shape index (κ2) is 7.52. The van der Waals surface area contributed by atoms with Crippen LogP contribution in [-0.2, 0) is 18.4 Å². The van der Waals surface area contributed by atoms with Gasteiger partial charge in [0.1, 0.15) is 6.54 Å². The Morgan fingerprint density at radius 3 is 2.38 bits per heavy atom. The Morgan fingerprint density at radius 2 is 1.73 bits per heavy atom. The van der Waals surface area contributed by atoms with Crippen molar-refractivity contribution in [2.24, 2.45) is 7.05 Å². The predicted molar refractivity (Wildman–Crippen MR) is 102 cm³/mol. The number of aryl methyl sites for hydroxylation is 1. The van der Waals surface area contributed by atoms with Crippen LogP contribution in [0.25, 0.3) is 11.4 Å². The Balaban J connectivity index is 1.76. The van der Waals surface area contributed by atoms with E-state index in [1.165, 1.54) is 9.25 Å². The van der Waals surface area contributed by atoms with Crippen molar-refractivity contribution in [1.82, 2.24) is 14.3 Å². The van der Waals surface area contributed by atoms with Gasteiger partial charge >= 0.3 is 5.69 Å². The molecule has 0 spiro atoms. The van der Waals surface area contributed by atoms with Crippen LogP contribution in [0.2, 0.25) is 0 Å². The summed E-state index contributed by atoms with van der Waals surface area (Å²) in [5.41, 5.74) is 2.85. The molecule has 5 heteroatoms. The summed E-state index contributed by atoms with van der Waals surface area (Å²) in [6.07, 6.45) is 0.382. The zero-order valence-electron chi connectivity index (χ0n) is 15.3. The zero-order valence-corrected chi connectivity index (χ0v) is 15.3. The minimum atomic E-state index is -0.277. The van der Waals surface area contributed by atoms with Crippen LogP contribution < -0.4 is 5.69 Å². The van der Waals surface area contributed by atoms with Crippen molar-refractivity contribution in [2.75, 3.05) is 0 Å². The summed E-state index contributed by atoms with van der Waals surface area (Å²) >= 11 is 0. The number of hydrogen-bond acceptors (Lipinski definition) is 3. The van der Waals surface area contributed by atoms with Crippen molar-refractivity contribution in [3.8, 4) is 11.4 Å². The fourth-order valence-electron chi connectivity index (χ4n) is 3.02. The average molecular weight is 349 g/mol. The first-order chi connectivity index (χ1) is 12.5. The van der Waals surface area contributed by atoms with E-state index in [4.69, 9.17) is 0 Å². The molecule has 0 fully saturated rings. The fraction of sp³-hybridized carbons (Fsp3) is 0.286. The van der Waals surface area contributed by atoms with Crippen LogP contribution >= 0.6 is 0 Å². The predicted octanol–water partition coefficient (Wildman–Crippen LogP) is 3.32. The van der Waals surface area contributed by atoms with E-state index >= 15 is 0 Å². The first kappa shape index (κ1) is 17.9. The van der Waals surface area contributed by atoms with Gasteiger partial charge in [-0.15, -0.1) is 5.10 Å². The standard InChI is InChI=1S/C21H23N3O2/c1-15-9-11-18(12-10-15)20-22-24(21(26)23(20)3)14-19(25)13-16(2)17-7-5-4-6-8-17/h4-12,16H,13-14H2,1-3H3/t16-/m0/s1. The maximum atomic E-state index is 12.4. The highest BCUT2D eigenvalue weighted by atomic mass is 16.2. The molecule has 3 rings (SSSR count). The molecule has 0 amide bonds. The largest absolute Gasteiger partial charge is 0.346 e. The number of Topliss-reactive ketones (excluding diaryl/α,β-unsaturated/α-hetero) is 1. The van der Waals surface area contributed by atoms with Crippen LogP contribution in [0.15, 0.2) is 59.4 Å². The lowest BCUT2D eigenvalue weighted by Gasteiger charge is -2.10. The number of aromatic nitrogens is 3. The average Bonchev–Trinajstić information content (AvgIpc) is 2.91. The Kier molecular flexibility index (Phi) is 5.16. The van der Waals surface area contributed by atoms with Gasteiger partial charge in [-0.25, -0.2) is 9.48 Å². The van der Waals surface area contributed by atoms with Crippen molar-refractivity contribution in [2.45, 2.75) is 32.7 Å². The van der Waals surface area contributed by atoms with Crippen molar-refractivity contribution < 1.29 is 4.79 Å². The molecule has 0 aliphatic heterocycles. The quantitative estimate of drug-likeness (QED) is 0.686. The van der Waals surface area contributed by atoms with E-state index in [0.29, 0.717) is 12.2 Å². The molecule has 2 aromatic carbocycles. The number of rotatable bonds is 6. The van der Waals surface area contributed by atoms with E-state index < -0.39 is 0 Å². The number of nitrogens with zero attached hydrogens (tertiary/aromatic N) is 3. The van der Waals surface area contributed by atoms with E-state index in [0.717, 1.165) is 16.7 Å². The van der Waals surface area contributed by atoms with Crippen LogP contribution in [0.5, 0.6) is 0 Å². The third kappa shape index (κ3) is 3.82. The molecule has 3 aromatic rings. The van der Waals surface area contributed by atoms with Crippen molar-refractivity contribution in [3.63, 3.8) is 0 Å². The highest BCUT2D eigenvalue weighted by Gasteiger charge is 2.16. The lowest BCUT2D eigenvalue weighted by atomic mass is 9.96. The third-order valence-electron chi connectivity index (χ3n) is 4.58. The molecule has 5 nitrogen and oxygen atoms in total. The molecule has 1 heterocycles. The molecule has 0 unspecified atom stereocenters. The monoisotopic (exact) mass is 349 g/mol. The van der Waals surface area contributed by atoms with Gasteiger partial charge in [0, 0.05) is 19.0 Å². The maximum absolute atomic E-state index is 12.4. The number of ketones is 1. The molecule has 0 bridgehead atoms. The molecule has 26 heavy (non-hydrogen) atoms. The maximum Gasteiger partial charge on any atom is 0.346 e. The molecular weight excluding hydrogens is 326 g/mol. The third-order valence-corrected chi connectivity index (χ3v) is 4.58. The first-order valence-electron chi connectivity index (χ1n) is 8.73. The molecule has 0 aliphatic rings. The van der Waals surface area contributed by atoms with Gasteiger partial charge in [-0.3, -0.25) is 9.36 Å². The Labute approximate surface area is 152 Å². The number of carbonyl (C=O) groups excluding carboxylic acids is 1. The van der Waals surface area contributed by atoms with E-state index in [1.54, 1.807) is 7.05 Å².